The van der Waals surface area contributed by atoms with Crippen molar-refractivity contribution in [3.05, 3.63) is 95.6 Å². The van der Waals surface area contributed by atoms with Gasteiger partial charge in [0.2, 0.25) is 0 Å². The Morgan fingerprint density at radius 2 is 1.77 bits per heavy atom. The molecule has 0 aliphatic carbocycles. The van der Waals surface area contributed by atoms with E-state index in [0.29, 0.717) is 25.1 Å². The van der Waals surface area contributed by atoms with Crippen molar-refractivity contribution in [1.82, 2.24) is 14.9 Å². The first-order chi connectivity index (χ1) is 15.2. The molecule has 0 spiro atoms. The molecule has 1 heterocycles. The van der Waals surface area contributed by atoms with Gasteiger partial charge in [0.05, 0.1) is 24.7 Å². The van der Waals surface area contributed by atoms with Crippen molar-refractivity contribution in [1.29, 1.82) is 0 Å². The number of nitrogens with one attached hydrogen (secondary N) is 1. The number of rotatable bonds is 8. The number of hydrogen-bond donors (Lipinski definition) is 1. The number of fused-ring (bicyclic) bond motifs is 1. The molecule has 1 N–H and O–H groups in total. The fourth-order valence-electron chi connectivity index (χ4n) is 3.65. The van der Waals surface area contributed by atoms with Crippen molar-refractivity contribution in [3.63, 3.8) is 0 Å². The summed E-state index contributed by atoms with van der Waals surface area (Å²) in [6.45, 7) is 1.16. The van der Waals surface area contributed by atoms with Crippen LogP contribution in [-0.2, 0) is 13.0 Å². The molecule has 0 saturated heterocycles. The molecule has 0 atom stereocenters. The van der Waals surface area contributed by atoms with Crippen LogP contribution in [-0.4, -0.2) is 29.1 Å². The summed E-state index contributed by atoms with van der Waals surface area (Å²) in [6, 6.07) is 21.6. The molecule has 0 bridgehead atoms. The minimum Gasteiger partial charge on any atom is -0.496 e. The monoisotopic (exact) mass is 417 g/mol. The Morgan fingerprint density at radius 3 is 2.58 bits per heavy atom. The molecule has 0 unspecified atom stereocenters. The lowest BCUT2D eigenvalue weighted by Gasteiger charge is -2.13. The Hall–Kier alpha value is -3.67. The first-order valence-corrected chi connectivity index (χ1v) is 10.3. The Kier molecular flexibility index (Phi) is 6.26. The van der Waals surface area contributed by atoms with Crippen molar-refractivity contribution >= 4 is 16.9 Å². The second kappa shape index (κ2) is 9.43. The fraction of sp³-hybridized carbons (Fsp3) is 0.200. The van der Waals surface area contributed by atoms with E-state index < -0.39 is 0 Å². The number of methoxy groups -OCH3 is 1. The second-order valence-electron chi connectivity index (χ2n) is 7.28. The van der Waals surface area contributed by atoms with E-state index in [2.05, 4.69) is 22.0 Å². The zero-order valence-corrected chi connectivity index (χ0v) is 17.3. The van der Waals surface area contributed by atoms with Crippen LogP contribution in [0, 0.1) is 5.82 Å². The number of aryl methyl sites for hydroxylation is 1. The molecular formula is C25H24FN3O2. The first kappa shape index (κ1) is 20.6. The highest BCUT2D eigenvalue weighted by atomic mass is 19.1. The number of carbonyl (C=O) groups is 1. The van der Waals surface area contributed by atoms with Gasteiger partial charge in [-0.25, -0.2) is 9.37 Å². The summed E-state index contributed by atoms with van der Waals surface area (Å²) in [6.07, 6.45) is 1.45. The molecule has 0 aliphatic heterocycles. The van der Waals surface area contributed by atoms with Crippen LogP contribution in [0.25, 0.3) is 11.0 Å². The molecule has 0 fully saturated rings. The molecule has 4 aromatic rings. The number of hydrogen-bond acceptors (Lipinski definition) is 3. The molecule has 6 heteroatoms. The van der Waals surface area contributed by atoms with Crippen LogP contribution < -0.4 is 10.1 Å². The third-order valence-electron chi connectivity index (χ3n) is 5.22. The number of para-hydroxylation sites is 3. The maximum Gasteiger partial charge on any atom is 0.251 e. The van der Waals surface area contributed by atoms with Crippen molar-refractivity contribution in [2.45, 2.75) is 19.4 Å². The topological polar surface area (TPSA) is 56.1 Å². The van der Waals surface area contributed by atoms with Crippen LogP contribution in [0.4, 0.5) is 4.39 Å². The summed E-state index contributed by atoms with van der Waals surface area (Å²) in [5.41, 5.74) is 3.55. The van der Waals surface area contributed by atoms with Gasteiger partial charge in [-0.1, -0.05) is 30.3 Å². The molecule has 31 heavy (non-hydrogen) atoms. The number of amides is 1. The predicted molar refractivity (Wildman–Crippen MR) is 119 cm³/mol. The van der Waals surface area contributed by atoms with E-state index in [1.807, 2.05) is 36.4 Å². The highest BCUT2D eigenvalue weighted by Crippen LogP contribution is 2.23. The zero-order chi connectivity index (χ0) is 21.6. The molecule has 0 aliphatic rings. The molecule has 0 saturated carbocycles. The Morgan fingerprint density at radius 1 is 1.03 bits per heavy atom. The van der Waals surface area contributed by atoms with E-state index in [4.69, 9.17) is 9.72 Å². The minimum atomic E-state index is -0.356. The lowest BCUT2D eigenvalue weighted by atomic mass is 10.2. The molecule has 4 rings (SSSR count). The first-order valence-electron chi connectivity index (χ1n) is 10.3. The number of aromatic nitrogens is 2. The van der Waals surface area contributed by atoms with Crippen molar-refractivity contribution in [2.24, 2.45) is 0 Å². The third-order valence-corrected chi connectivity index (χ3v) is 5.22. The van der Waals surface area contributed by atoms with E-state index in [-0.39, 0.29) is 11.7 Å². The van der Waals surface area contributed by atoms with Gasteiger partial charge in [-0.3, -0.25) is 4.79 Å². The van der Waals surface area contributed by atoms with E-state index >= 15 is 0 Å². The SMILES string of the molecule is COc1ccccc1Cn1c(CCCNC(=O)c2ccc(F)cc2)nc2ccccc21. The van der Waals surface area contributed by atoms with Crippen molar-refractivity contribution in [3.8, 4) is 5.75 Å². The van der Waals surface area contributed by atoms with Crippen LogP contribution >= 0.6 is 0 Å². The van der Waals surface area contributed by atoms with Gasteiger partial charge in [0.15, 0.2) is 0 Å². The zero-order valence-electron chi connectivity index (χ0n) is 17.3. The van der Waals surface area contributed by atoms with Gasteiger partial charge in [-0.15, -0.1) is 0 Å². The molecular weight excluding hydrogens is 393 g/mol. The van der Waals surface area contributed by atoms with E-state index in [1.165, 1.54) is 24.3 Å². The summed E-state index contributed by atoms with van der Waals surface area (Å²) in [5.74, 6) is 1.24. The lowest BCUT2D eigenvalue weighted by molar-refractivity contribution is 0.0953. The van der Waals surface area contributed by atoms with Gasteiger partial charge < -0.3 is 14.6 Å². The molecule has 1 aromatic heterocycles. The number of halogens is 1. The largest absolute Gasteiger partial charge is 0.496 e. The summed E-state index contributed by atoms with van der Waals surface area (Å²) in [7, 11) is 1.68. The smallest absolute Gasteiger partial charge is 0.251 e. The van der Waals surface area contributed by atoms with Crippen LogP contribution in [0.5, 0.6) is 5.75 Å². The summed E-state index contributed by atoms with van der Waals surface area (Å²) in [5, 5.41) is 2.89. The second-order valence-corrected chi connectivity index (χ2v) is 7.28. The Bertz CT molecular complexity index is 1190. The van der Waals surface area contributed by atoms with E-state index in [0.717, 1.165) is 34.6 Å². The maximum atomic E-state index is 13.0. The van der Waals surface area contributed by atoms with Gasteiger partial charge in [-0.05, 0) is 48.9 Å². The van der Waals surface area contributed by atoms with Gasteiger partial charge in [0.1, 0.15) is 17.4 Å². The van der Waals surface area contributed by atoms with Gasteiger partial charge in [0, 0.05) is 24.1 Å². The summed E-state index contributed by atoms with van der Waals surface area (Å²) >= 11 is 0. The molecule has 5 nitrogen and oxygen atoms in total. The fourth-order valence-corrected chi connectivity index (χ4v) is 3.65. The summed E-state index contributed by atoms with van der Waals surface area (Å²) in [4.78, 5) is 17.0. The number of carbonyl (C=O) groups excluding carboxylic acids is 1. The molecule has 3 aromatic carbocycles. The number of ether oxygens (including phenoxy) is 1. The van der Waals surface area contributed by atoms with Crippen LogP contribution in [0.3, 0.4) is 0 Å². The maximum absolute atomic E-state index is 13.0. The quantitative estimate of drug-likeness (QED) is 0.427. The van der Waals surface area contributed by atoms with Crippen molar-refractivity contribution in [2.75, 3.05) is 13.7 Å². The Labute approximate surface area is 180 Å². The van der Waals surface area contributed by atoms with Crippen LogP contribution in [0.15, 0.2) is 72.8 Å². The normalized spacial score (nSPS) is 10.9. The highest BCUT2D eigenvalue weighted by Gasteiger charge is 2.13. The number of nitrogens with zero attached hydrogens (tertiary/aromatic N) is 2. The van der Waals surface area contributed by atoms with Gasteiger partial charge in [-0.2, -0.15) is 0 Å². The average molecular weight is 417 g/mol. The van der Waals surface area contributed by atoms with Gasteiger partial charge in [0.25, 0.3) is 5.91 Å². The van der Waals surface area contributed by atoms with Crippen LogP contribution in [0.2, 0.25) is 0 Å². The van der Waals surface area contributed by atoms with Crippen molar-refractivity contribution < 1.29 is 13.9 Å². The molecule has 158 valence electrons. The Balaban J connectivity index is 1.46. The predicted octanol–water partition coefficient (Wildman–Crippen LogP) is 4.59. The average Bonchev–Trinajstić information content (AvgIpc) is 3.14. The third kappa shape index (κ3) is 4.74. The van der Waals surface area contributed by atoms with E-state index in [1.54, 1.807) is 7.11 Å². The number of imidazole rings is 1. The van der Waals surface area contributed by atoms with Gasteiger partial charge >= 0.3 is 0 Å². The highest BCUT2D eigenvalue weighted by molar-refractivity contribution is 5.94. The van der Waals surface area contributed by atoms with Crippen LogP contribution in [0.1, 0.15) is 28.2 Å². The summed E-state index contributed by atoms with van der Waals surface area (Å²) < 4.78 is 20.7. The molecule has 0 radical (unpaired) electrons. The standard InChI is InChI=1S/C25H24FN3O2/c1-31-23-10-5-2-7-19(23)17-29-22-9-4-3-8-21(22)28-24(29)11-6-16-27-25(30)18-12-14-20(26)15-13-18/h2-5,7-10,12-15H,6,11,16-17H2,1H3,(H,27,30). The number of benzene rings is 3. The lowest BCUT2D eigenvalue weighted by Crippen LogP contribution is -2.25. The molecule has 1 amide bonds. The minimum absolute atomic E-state index is 0.206. The van der Waals surface area contributed by atoms with E-state index in [9.17, 15) is 9.18 Å².